The van der Waals surface area contributed by atoms with Gasteiger partial charge in [-0.25, -0.2) is 8.42 Å². The number of rotatable bonds is 2. The fourth-order valence-electron chi connectivity index (χ4n) is 3.65. The van der Waals surface area contributed by atoms with Crippen LogP contribution in [0.2, 0.25) is 5.02 Å². The molecule has 0 bridgehead atoms. The number of fused-ring (bicyclic) bond motifs is 2. The molecule has 2 atom stereocenters. The SMILES string of the molecule is O=C(N=C1S[C@H]2CS(=O)(=O)C[C@H]2N1c1ccc2c(c1)OCO2)c1ccc(Cl)cc1. The van der Waals surface area contributed by atoms with Gasteiger partial charge < -0.3 is 14.4 Å². The van der Waals surface area contributed by atoms with E-state index in [0.717, 1.165) is 0 Å². The molecule has 29 heavy (non-hydrogen) atoms. The molecule has 2 aromatic carbocycles. The number of anilines is 1. The van der Waals surface area contributed by atoms with Crippen molar-refractivity contribution >= 4 is 50.0 Å². The fourth-order valence-corrected chi connectivity index (χ4v) is 7.68. The summed E-state index contributed by atoms with van der Waals surface area (Å²) in [6, 6.07) is 11.6. The van der Waals surface area contributed by atoms with E-state index in [1.165, 1.54) is 11.8 Å². The lowest BCUT2D eigenvalue weighted by Gasteiger charge is -2.24. The van der Waals surface area contributed by atoms with Crippen molar-refractivity contribution in [3.05, 3.63) is 53.1 Å². The third-order valence-electron chi connectivity index (χ3n) is 4.99. The molecule has 0 N–H and O–H groups in total. The van der Waals surface area contributed by atoms with E-state index in [9.17, 15) is 13.2 Å². The molecule has 3 aliphatic heterocycles. The molecule has 3 heterocycles. The standard InChI is InChI=1S/C19H15ClN2O5S2/c20-12-3-1-11(2-4-12)18(23)21-19-22(14-8-29(24,25)9-17(14)28-19)13-5-6-15-16(7-13)27-10-26-15/h1-7,14,17H,8-10H2/t14-,17+/m1/s1. The summed E-state index contributed by atoms with van der Waals surface area (Å²) in [5, 5.41) is 0.835. The molecule has 0 radical (unpaired) electrons. The van der Waals surface area contributed by atoms with Gasteiger partial charge in [-0.3, -0.25) is 4.79 Å². The minimum Gasteiger partial charge on any atom is -0.454 e. The van der Waals surface area contributed by atoms with Gasteiger partial charge in [-0.15, -0.1) is 0 Å². The highest BCUT2D eigenvalue weighted by atomic mass is 35.5. The molecule has 3 aliphatic rings. The fraction of sp³-hybridized carbons (Fsp3) is 0.263. The number of nitrogens with zero attached hydrogens (tertiary/aromatic N) is 2. The van der Waals surface area contributed by atoms with Crippen LogP contribution in [0.3, 0.4) is 0 Å². The Morgan fingerprint density at radius 2 is 1.86 bits per heavy atom. The molecule has 0 aliphatic carbocycles. The van der Waals surface area contributed by atoms with Crippen LogP contribution in [0.5, 0.6) is 11.5 Å². The Morgan fingerprint density at radius 3 is 2.66 bits per heavy atom. The largest absolute Gasteiger partial charge is 0.454 e. The maximum atomic E-state index is 12.7. The van der Waals surface area contributed by atoms with Crippen molar-refractivity contribution in [1.82, 2.24) is 0 Å². The Labute approximate surface area is 176 Å². The van der Waals surface area contributed by atoms with Gasteiger partial charge in [0, 0.05) is 27.6 Å². The van der Waals surface area contributed by atoms with Crippen molar-refractivity contribution in [2.24, 2.45) is 4.99 Å². The van der Waals surface area contributed by atoms with E-state index in [1.54, 1.807) is 36.4 Å². The number of aliphatic imine (C=N–C) groups is 1. The number of hydrogen-bond donors (Lipinski definition) is 0. The molecule has 150 valence electrons. The highest BCUT2D eigenvalue weighted by Crippen LogP contribution is 2.44. The summed E-state index contributed by atoms with van der Waals surface area (Å²) in [6.07, 6.45) is 0. The number of halogens is 1. The monoisotopic (exact) mass is 450 g/mol. The Kier molecular flexibility index (Phi) is 4.49. The van der Waals surface area contributed by atoms with Crippen molar-refractivity contribution < 1.29 is 22.7 Å². The lowest BCUT2D eigenvalue weighted by molar-refractivity contribution is 0.100. The van der Waals surface area contributed by atoms with Crippen LogP contribution >= 0.6 is 23.4 Å². The van der Waals surface area contributed by atoms with Crippen LogP contribution in [-0.2, 0) is 9.84 Å². The van der Waals surface area contributed by atoms with Gasteiger partial charge in [-0.2, -0.15) is 4.99 Å². The molecule has 10 heteroatoms. The van der Waals surface area contributed by atoms with Crippen molar-refractivity contribution in [2.75, 3.05) is 23.2 Å². The molecule has 5 rings (SSSR count). The Hall–Kier alpha value is -2.23. The quantitative estimate of drug-likeness (QED) is 0.695. The van der Waals surface area contributed by atoms with E-state index in [1.807, 2.05) is 11.0 Å². The summed E-state index contributed by atoms with van der Waals surface area (Å²) >= 11 is 7.21. The molecule has 7 nitrogen and oxygen atoms in total. The van der Waals surface area contributed by atoms with E-state index in [0.29, 0.717) is 32.9 Å². The average molecular weight is 451 g/mol. The zero-order chi connectivity index (χ0) is 20.2. The third kappa shape index (κ3) is 3.47. The lowest BCUT2D eigenvalue weighted by Crippen LogP contribution is -2.37. The summed E-state index contributed by atoms with van der Waals surface area (Å²) in [7, 11) is -3.14. The zero-order valence-corrected chi connectivity index (χ0v) is 17.3. The van der Waals surface area contributed by atoms with Crippen molar-refractivity contribution in [3.8, 4) is 11.5 Å². The number of carbonyl (C=O) groups excluding carboxylic acids is 1. The van der Waals surface area contributed by atoms with Crippen molar-refractivity contribution in [1.29, 1.82) is 0 Å². The third-order valence-corrected chi connectivity index (χ3v) is 8.45. The second-order valence-electron chi connectivity index (χ2n) is 6.91. The first-order valence-corrected chi connectivity index (χ1v) is 11.9. The second-order valence-corrected chi connectivity index (χ2v) is 10.7. The molecule has 2 fully saturated rings. The van der Waals surface area contributed by atoms with Gasteiger partial charge in [0.05, 0.1) is 17.5 Å². The molecule has 0 aromatic heterocycles. The average Bonchev–Trinajstić information content (AvgIpc) is 3.33. The molecule has 2 saturated heterocycles. The lowest BCUT2D eigenvalue weighted by atomic mass is 10.2. The first kappa shape index (κ1) is 18.8. The zero-order valence-electron chi connectivity index (χ0n) is 14.9. The van der Waals surface area contributed by atoms with E-state index >= 15 is 0 Å². The summed E-state index contributed by atoms with van der Waals surface area (Å²) in [4.78, 5) is 18.8. The molecular weight excluding hydrogens is 436 g/mol. The van der Waals surface area contributed by atoms with Gasteiger partial charge in [0.1, 0.15) is 0 Å². The molecule has 0 unspecified atom stereocenters. The number of carbonyl (C=O) groups is 1. The smallest absolute Gasteiger partial charge is 0.279 e. The number of sulfone groups is 1. The number of hydrogen-bond acceptors (Lipinski definition) is 6. The first-order chi connectivity index (χ1) is 13.9. The van der Waals surface area contributed by atoms with E-state index in [-0.39, 0.29) is 29.6 Å². The Bertz CT molecular complexity index is 1130. The Balaban J connectivity index is 1.53. The predicted molar refractivity (Wildman–Crippen MR) is 112 cm³/mol. The highest BCUT2D eigenvalue weighted by Gasteiger charge is 2.49. The molecule has 0 spiro atoms. The van der Waals surface area contributed by atoms with Gasteiger partial charge in [0.15, 0.2) is 26.5 Å². The van der Waals surface area contributed by atoms with Crippen LogP contribution in [0.1, 0.15) is 10.4 Å². The topological polar surface area (TPSA) is 85.3 Å². The van der Waals surface area contributed by atoms with E-state index in [2.05, 4.69) is 4.99 Å². The number of amides is 1. The number of ether oxygens (including phenoxy) is 2. The van der Waals surface area contributed by atoms with Gasteiger partial charge >= 0.3 is 0 Å². The molecule has 1 amide bonds. The normalized spacial score (nSPS) is 25.4. The number of benzene rings is 2. The first-order valence-electron chi connectivity index (χ1n) is 8.84. The predicted octanol–water partition coefficient (Wildman–Crippen LogP) is 2.98. The maximum absolute atomic E-state index is 12.7. The summed E-state index contributed by atoms with van der Waals surface area (Å²) in [6.45, 7) is 0.143. The van der Waals surface area contributed by atoms with Crippen LogP contribution in [0, 0.1) is 0 Å². The summed E-state index contributed by atoms with van der Waals surface area (Å²) < 4.78 is 35.2. The molecule has 0 saturated carbocycles. The Morgan fingerprint density at radius 1 is 1.10 bits per heavy atom. The number of thioether (sulfide) groups is 1. The van der Waals surface area contributed by atoms with E-state index in [4.69, 9.17) is 21.1 Å². The van der Waals surface area contributed by atoms with Gasteiger partial charge in [-0.05, 0) is 36.4 Å². The summed E-state index contributed by atoms with van der Waals surface area (Å²) in [5.74, 6) is 0.898. The second kappa shape index (κ2) is 6.93. The van der Waals surface area contributed by atoms with Gasteiger partial charge in [0.2, 0.25) is 6.79 Å². The number of amidine groups is 1. The molecule has 2 aromatic rings. The van der Waals surface area contributed by atoms with Crippen LogP contribution in [0.4, 0.5) is 5.69 Å². The van der Waals surface area contributed by atoms with Crippen LogP contribution in [-0.4, -0.2) is 49.1 Å². The maximum Gasteiger partial charge on any atom is 0.279 e. The minimum absolute atomic E-state index is 0.0211. The van der Waals surface area contributed by atoms with Crippen LogP contribution in [0.25, 0.3) is 0 Å². The van der Waals surface area contributed by atoms with Crippen LogP contribution < -0.4 is 14.4 Å². The van der Waals surface area contributed by atoms with Crippen LogP contribution in [0.15, 0.2) is 47.5 Å². The summed E-state index contributed by atoms with van der Waals surface area (Å²) in [5.41, 5.74) is 1.13. The molecular formula is C19H15ClN2O5S2. The minimum atomic E-state index is -3.14. The van der Waals surface area contributed by atoms with Gasteiger partial charge in [-0.1, -0.05) is 23.4 Å². The highest BCUT2D eigenvalue weighted by molar-refractivity contribution is 8.16. The van der Waals surface area contributed by atoms with E-state index < -0.39 is 15.7 Å². The van der Waals surface area contributed by atoms with Gasteiger partial charge in [0.25, 0.3) is 5.91 Å². The van der Waals surface area contributed by atoms with Crippen molar-refractivity contribution in [2.45, 2.75) is 11.3 Å². The van der Waals surface area contributed by atoms with Crippen molar-refractivity contribution in [3.63, 3.8) is 0 Å².